The number of alkyl halides is 3. The molecule has 0 spiro atoms. The van der Waals surface area contributed by atoms with Crippen molar-refractivity contribution in [1.82, 2.24) is 20.2 Å². The molecule has 5 nitrogen and oxygen atoms in total. The standard InChI is InChI=1S/C16H15F3N4OS/c1-9-12-8-13(14(24)21-22(2)3)25-15(12)23(20-9)11-6-4-5-10(7-11)16(17,18)19/h4-8H,1-3H3,(H,21,24). The fourth-order valence-corrected chi connectivity index (χ4v) is 3.48. The molecule has 132 valence electrons. The van der Waals surface area contributed by atoms with Gasteiger partial charge in [0.15, 0.2) is 0 Å². The second-order valence-corrected chi connectivity index (χ2v) is 6.74. The van der Waals surface area contributed by atoms with Crippen LogP contribution in [0.25, 0.3) is 15.9 Å². The van der Waals surface area contributed by atoms with Crippen molar-refractivity contribution in [3.05, 3.63) is 46.5 Å². The van der Waals surface area contributed by atoms with Gasteiger partial charge in [0.05, 0.1) is 21.8 Å². The lowest BCUT2D eigenvalue weighted by Crippen LogP contribution is -2.35. The number of aryl methyl sites for hydroxylation is 1. The van der Waals surface area contributed by atoms with E-state index in [1.165, 1.54) is 27.1 Å². The van der Waals surface area contributed by atoms with E-state index in [-0.39, 0.29) is 5.91 Å². The van der Waals surface area contributed by atoms with Crippen molar-refractivity contribution in [2.75, 3.05) is 14.1 Å². The van der Waals surface area contributed by atoms with Crippen molar-refractivity contribution in [3.63, 3.8) is 0 Å². The van der Waals surface area contributed by atoms with E-state index in [4.69, 9.17) is 0 Å². The molecule has 0 aliphatic carbocycles. The van der Waals surface area contributed by atoms with Crippen LogP contribution in [-0.4, -0.2) is 34.8 Å². The van der Waals surface area contributed by atoms with E-state index in [0.29, 0.717) is 21.1 Å². The molecule has 2 aromatic heterocycles. The molecule has 0 bridgehead atoms. The lowest BCUT2D eigenvalue weighted by atomic mass is 10.2. The molecule has 25 heavy (non-hydrogen) atoms. The molecule has 0 unspecified atom stereocenters. The Morgan fingerprint density at radius 1 is 1.28 bits per heavy atom. The van der Waals surface area contributed by atoms with Crippen LogP contribution in [0.2, 0.25) is 0 Å². The summed E-state index contributed by atoms with van der Waals surface area (Å²) in [4.78, 5) is 13.2. The molecule has 0 saturated heterocycles. The monoisotopic (exact) mass is 368 g/mol. The van der Waals surface area contributed by atoms with Gasteiger partial charge in [0, 0.05) is 19.5 Å². The Hall–Kier alpha value is -2.39. The quantitative estimate of drug-likeness (QED) is 0.719. The number of rotatable bonds is 3. The fraction of sp³-hybridized carbons (Fsp3) is 0.250. The lowest BCUT2D eigenvalue weighted by Gasteiger charge is -2.10. The Morgan fingerprint density at radius 2 is 2.00 bits per heavy atom. The highest BCUT2D eigenvalue weighted by molar-refractivity contribution is 7.20. The average Bonchev–Trinajstić information content (AvgIpc) is 3.07. The van der Waals surface area contributed by atoms with Gasteiger partial charge in [0.2, 0.25) is 0 Å². The Kier molecular flexibility index (Phi) is 4.29. The summed E-state index contributed by atoms with van der Waals surface area (Å²) in [6.07, 6.45) is -4.43. The molecule has 1 amide bonds. The predicted octanol–water partition coefficient (Wildman–Crippen LogP) is 3.62. The van der Waals surface area contributed by atoms with Gasteiger partial charge in [0.25, 0.3) is 5.91 Å². The number of nitrogens with one attached hydrogen (secondary N) is 1. The van der Waals surface area contributed by atoms with Crippen molar-refractivity contribution in [1.29, 1.82) is 0 Å². The van der Waals surface area contributed by atoms with Gasteiger partial charge in [-0.05, 0) is 31.2 Å². The molecule has 0 aliphatic heterocycles. The molecule has 9 heteroatoms. The number of aromatic nitrogens is 2. The first-order chi connectivity index (χ1) is 11.7. The van der Waals surface area contributed by atoms with E-state index in [9.17, 15) is 18.0 Å². The minimum Gasteiger partial charge on any atom is -0.285 e. The lowest BCUT2D eigenvalue weighted by molar-refractivity contribution is -0.137. The molecule has 0 fully saturated rings. The molecular formula is C16H15F3N4OS. The van der Waals surface area contributed by atoms with Gasteiger partial charge in [0.1, 0.15) is 4.83 Å². The van der Waals surface area contributed by atoms with Crippen LogP contribution < -0.4 is 5.43 Å². The fourth-order valence-electron chi connectivity index (χ4n) is 2.41. The molecule has 1 aromatic carbocycles. The number of hydrazine groups is 1. The van der Waals surface area contributed by atoms with E-state index >= 15 is 0 Å². The third-order valence-corrected chi connectivity index (χ3v) is 4.62. The number of fused-ring (bicyclic) bond motifs is 1. The molecule has 0 atom stereocenters. The maximum Gasteiger partial charge on any atom is 0.416 e. The number of amides is 1. The van der Waals surface area contributed by atoms with Crippen LogP contribution in [0.3, 0.4) is 0 Å². The zero-order valence-electron chi connectivity index (χ0n) is 13.7. The third kappa shape index (κ3) is 3.38. The number of nitrogens with zero attached hydrogens (tertiary/aromatic N) is 3. The first kappa shape index (κ1) is 17.4. The summed E-state index contributed by atoms with van der Waals surface area (Å²) in [5.74, 6) is -0.277. The minimum absolute atomic E-state index is 0.277. The van der Waals surface area contributed by atoms with Gasteiger partial charge in [-0.3, -0.25) is 10.2 Å². The van der Waals surface area contributed by atoms with Crippen molar-refractivity contribution in [3.8, 4) is 5.69 Å². The van der Waals surface area contributed by atoms with E-state index in [1.54, 1.807) is 33.2 Å². The van der Waals surface area contributed by atoms with E-state index in [0.717, 1.165) is 17.5 Å². The van der Waals surface area contributed by atoms with Crippen LogP contribution in [0.4, 0.5) is 13.2 Å². The number of thiophene rings is 1. The Labute approximate surface area is 145 Å². The van der Waals surface area contributed by atoms with Crippen LogP contribution >= 0.6 is 11.3 Å². The second kappa shape index (κ2) is 6.16. The zero-order chi connectivity index (χ0) is 18.4. The highest BCUT2D eigenvalue weighted by Gasteiger charge is 2.30. The number of carbonyl (C=O) groups is 1. The molecule has 0 saturated carbocycles. The van der Waals surface area contributed by atoms with Gasteiger partial charge < -0.3 is 0 Å². The van der Waals surface area contributed by atoms with Crippen LogP contribution in [0.5, 0.6) is 0 Å². The number of benzene rings is 1. The smallest absolute Gasteiger partial charge is 0.285 e. The van der Waals surface area contributed by atoms with E-state index in [1.807, 2.05) is 0 Å². The van der Waals surface area contributed by atoms with Crippen molar-refractivity contribution in [2.24, 2.45) is 0 Å². The normalized spacial score (nSPS) is 12.1. The van der Waals surface area contributed by atoms with E-state index < -0.39 is 11.7 Å². The summed E-state index contributed by atoms with van der Waals surface area (Å²) in [5, 5.41) is 6.59. The number of carbonyl (C=O) groups excluding carboxylic acids is 1. The van der Waals surface area contributed by atoms with Gasteiger partial charge in [-0.15, -0.1) is 11.3 Å². The van der Waals surface area contributed by atoms with Crippen LogP contribution in [0, 0.1) is 6.92 Å². The number of hydrogen-bond donors (Lipinski definition) is 1. The van der Waals surface area contributed by atoms with Gasteiger partial charge in [-0.2, -0.15) is 18.3 Å². The third-order valence-electron chi connectivity index (χ3n) is 3.51. The van der Waals surface area contributed by atoms with Crippen LogP contribution in [0.1, 0.15) is 20.9 Å². The molecule has 3 rings (SSSR count). The van der Waals surface area contributed by atoms with E-state index in [2.05, 4.69) is 10.5 Å². The maximum atomic E-state index is 12.9. The van der Waals surface area contributed by atoms with Gasteiger partial charge in [-0.25, -0.2) is 9.69 Å². The molecule has 1 N–H and O–H groups in total. The summed E-state index contributed by atoms with van der Waals surface area (Å²) in [6.45, 7) is 1.76. The Bertz CT molecular complexity index is 943. The second-order valence-electron chi connectivity index (χ2n) is 5.71. The molecule has 2 heterocycles. The molecule has 0 aliphatic rings. The summed E-state index contributed by atoms with van der Waals surface area (Å²) in [6, 6.07) is 6.66. The molecular weight excluding hydrogens is 353 g/mol. The summed E-state index contributed by atoms with van der Waals surface area (Å²) in [7, 11) is 3.39. The van der Waals surface area contributed by atoms with Crippen molar-refractivity contribution >= 4 is 27.5 Å². The van der Waals surface area contributed by atoms with Crippen LogP contribution in [0.15, 0.2) is 30.3 Å². The SMILES string of the molecule is Cc1nn(-c2cccc(C(F)(F)F)c2)c2sc(C(=O)NN(C)C)cc12. The zero-order valence-corrected chi connectivity index (χ0v) is 14.5. The highest BCUT2D eigenvalue weighted by atomic mass is 32.1. The molecule has 0 radical (unpaired) electrons. The van der Waals surface area contributed by atoms with Crippen LogP contribution in [-0.2, 0) is 6.18 Å². The first-order valence-corrected chi connectivity index (χ1v) is 8.13. The van der Waals surface area contributed by atoms with Crippen molar-refractivity contribution in [2.45, 2.75) is 13.1 Å². The maximum absolute atomic E-state index is 12.9. The minimum atomic E-state index is -4.43. The average molecular weight is 368 g/mol. The first-order valence-electron chi connectivity index (χ1n) is 7.32. The largest absolute Gasteiger partial charge is 0.416 e. The summed E-state index contributed by atoms with van der Waals surface area (Å²) < 4.78 is 40.3. The molecule has 3 aromatic rings. The summed E-state index contributed by atoms with van der Waals surface area (Å²) in [5.41, 5.74) is 2.85. The highest BCUT2D eigenvalue weighted by Crippen LogP contribution is 2.33. The number of halogens is 3. The number of hydrogen-bond acceptors (Lipinski definition) is 4. The Morgan fingerprint density at radius 3 is 2.64 bits per heavy atom. The van der Waals surface area contributed by atoms with Gasteiger partial charge >= 0.3 is 6.18 Å². The Balaban J connectivity index is 2.09. The summed E-state index contributed by atoms with van der Waals surface area (Å²) >= 11 is 1.18. The predicted molar refractivity (Wildman–Crippen MR) is 89.8 cm³/mol. The van der Waals surface area contributed by atoms with Crippen molar-refractivity contribution < 1.29 is 18.0 Å². The van der Waals surface area contributed by atoms with Gasteiger partial charge in [-0.1, -0.05) is 6.07 Å². The topological polar surface area (TPSA) is 50.2 Å².